The van der Waals surface area contributed by atoms with E-state index < -0.39 is 0 Å². The van der Waals surface area contributed by atoms with E-state index in [2.05, 4.69) is 29.8 Å². The third kappa shape index (κ3) is 4.31. The van der Waals surface area contributed by atoms with Crippen LogP contribution in [0.5, 0.6) is 0 Å². The lowest BCUT2D eigenvalue weighted by atomic mass is 9.98. The number of hydrogen-bond acceptors (Lipinski definition) is 1. The van der Waals surface area contributed by atoms with Crippen LogP contribution in [0.4, 0.5) is 4.39 Å². The average molecular weight is 274 g/mol. The number of benzene rings is 1. The van der Waals surface area contributed by atoms with Gasteiger partial charge in [-0.25, -0.2) is 4.39 Å². The van der Waals surface area contributed by atoms with Gasteiger partial charge < -0.3 is 5.73 Å². The van der Waals surface area contributed by atoms with Crippen LogP contribution in [0.15, 0.2) is 22.7 Å². The Morgan fingerprint density at radius 1 is 1.27 bits per heavy atom. The van der Waals surface area contributed by atoms with E-state index in [9.17, 15) is 4.39 Å². The van der Waals surface area contributed by atoms with Gasteiger partial charge in [0.25, 0.3) is 0 Å². The number of nitrogens with two attached hydrogens (primary N) is 1. The number of halogens is 2. The van der Waals surface area contributed by atoms with Crippen molar-refractivity contribution in [3.8, 4) is 0 Å². The maximum atomic E-state index is 13.1. The van der Waals surface area contributed by atoms with E-state index in [0.29, 0.717) is 5.92 Å². The van der Waals surface area contributed by atoms with Crippen molar-refractivity contribution in [3.63, 3.8) is 0 Å². The molecular weight excluding hydrogens is 257 g/mol. The molecule has 1 aromatic rings. The summed E-state index contributed by atoms with van der Waals surface area (Å²) in [4.78, 5) is 0. The topological polar surface area (TPSA) is 26.0 Å². The minimum atomic E-state index is -0.237. The van der Waals surface area contributed by atoms with Crippen molar-refractivity contribution in [1.82, 2.24) is 0 Å². The molecule has 0 unspecified atom stereocenters. The highest BCUT2D eigenvalue weighted by molar-refractivity contribution is 9.10. The molecule has 0 saturated heterocycles. The Kier molecular flexibility index (Phi) is 4.74. The lowest BCUT2D eigenvalue weighted by Crippen LogP contribution is -2.11. The van der Waals surface area contributed by atoms with Crippen LogP contribution in [0.2, 0.25) is 0 Å². The Bertz CT molecular complexity index is 305. The molecule has 0 saturated carbocycles. The number of hydrogen-bond donors (Lipinski definition) is 1. The smallest absolute Gasteiger partial charge is 0.124 e. The third-order valence-electron chi connectivity index (χ3n) is 2.37. The predicted molar refractivity (Wildman–Crippen MR) is 65.1 cm³/mol. The van der Waals surface area contributed by atoms with Gasteiger partial charge in [-0.2, -0.15) is 0 Å². The molecule has 0 heterocycles. The zero-order valence-electron chi connectivity index (χ0n) is 9.13. The van der Waals surface area contributed by atoms with Crippen molar-refractivity contribution in [2.75, 3.05) is 0 Å². The zero-order valence-corrected chi connectivity index (χ0v) is 10.7. The molecule has 0 spiro atoms. The van der Waals surface area contributed by atoms with Gasteiger partial charge in [-0.1, -0.05) is 29.8 Å². The molecule has 1 nitrogen and oxygen atoms in total. The highest BCUT2D eigenvalue weighted by Gasteiger charge is 2.09. The molecule has 0 radical (unpaired) electrons. The van der Waals surface area contributed by atoms with Crippen LogP contribution in [0.3, 0.4) is 0 Å². The van der Waals surface area contributed by atoms with Gasteiger partial charge >= 0.3 is 0 Å². The lowest BCUT2D eigenvalue weighted by Gasteiger charge is -2.13. The van der Waals surface area contributed by atoms with Crippen molar-refractivity contribution in [3.05, 3.63) is 34.1 Å². The van der Waals surface area contributed by atoms with Crippen molar-refractivity contribution < 1.29 is 4.39 Å². The fraction of sp³-hybridized carbons (Fsp3) is 0.500. The molecule has 0 amide bonds. The standard InChI is InChI=1S/C12H17BrFN/c1-8(2)3-4-12(15)9-5-10(13)7-11(14)6-9/h5-8,12H,3-4,15H2,1-2H3/t12-/m1/s1. The first-order valence-electron chi connectivity index (χ1n) is 5.20. The van der Waals surface area contributed by atoms with Gasteiger partial charge in [-0.15, -0.1) is 0 Å². The summed E-state index contributed by atoms with van der Waals surface area (Å²) < 4.78 is 13.8. The van der Waals surface area contributed by atoms with Gasteiger partial charge in [-0.3, -0.25) is 0 Å². The van der Waals surface area contributed by atoms with Gasteiger partial charge in [0.1, 0.15) is 5.82 Å². The fourth-order valence-corrected chi connectivity index (χ4v) is 1.95. The number of rotatable bonds is 4. The normalized spacial score (nSPS) is 13.2. The monoisotopic (exact) mass is 273 g/mol. The van der Waals surface area contributed by atoms with Crippen LogP contribution < -0.4 is 5.73 Å². The second-order valence-electron chi connectivity index (χ2n) is 4.28. The summed E-state index contributed by atoms with van der Waals surface area (Å²) in [7, 11) is 0. The predicted octanol–water partition coefficient (Wildman–Crippen LogP) is 4.02. The highest BCUT2D eigenvalue weighted by atomic mass is 79.9. The van der Waals surface area contributed by atoms with Gasteiger partial charge in [0.15, 0.2) is 0 Å². The Morgan fingerprint density at radius 3 is 2.47 bits per heavy atom. The second-order valence-corrected chi connectivity index (χ2v) is 5.20. The molecule has 1 aromatic carbocycles. The first kappa shape index (κ1) is 12.7. The maximum Gasteiger partial charge on any atom is 0.124 e. The zero-order chi connectivity index (χ0) is 11.4. The summed E-state index contributed by atoms with van der Waals surface area (Å²) >= 11 is 3.27. The molecule has 0 aliphatic rings. The molecule has 84 valence electrons. The average Bonchev–Trinajstić information content (AvgIpc) is 2.12. The van der Waals surface area contributed by atoms with Gasteiger partial charge in [0, 0.05) is 10.5 Å². The summed E-state index contributed by atoms with van der Waals surface area (Å²) in [6.07, 6.45) is 1.96. The Balaban J connectivity index is 2.68. The van der Waals surface area contributed by atoms with E-state index in [1.807, 2.05) is 6.07 Å². The largest absolute Gasteiger partial charge is 0.324 e. The van der Waals surface area contributed by atoms with Gasteiger partial charge in [-0.05, 0) is 42.5 Å². The quantitative estimate of drug-likeness (QED) is 0.881. The van der Waals surface area contributed by atoms with Crippen LogP contribution in [0.1, 0.15) is 38.3 Å². The van der Waals surface area contributed by atoms with E-state index in [1.54, 1.807) is 0 Å². The van der Waals surface area contributed by atoms with Crippen LogP contribution in [0, 0.1) is 11.7 Å². The maximum absolute atomic E-state index is 13.1. The third-order valence-corrected chi connectivity index (χ3v) is 2.83. The summed E-state index contributed by atoms with van der Waals surface area (Å²) in [6.45, 7) is 4.32. The van der Waals surface area contributed by atoms with Crippen molar-refractivity contribution in [1.29, 1.82) is 0 Å². The minimum Gasteiger partial charge on any atom is -0.324 e. The molecular formula is C12H17BrFN. The molecule has 0 bridgehead atoms. The van der Waals surface area contributed by atoms with Crippen molar-refractivity contribution in [2.45, 2.75) is 32.7 Å². The first-order valence-corrected chi connectivity index (χ1v) is 6.00. The van der Waals surface area contributed by atoms with Crippen LogP contribution in [-0.2, 0) is 0 Å². The Morgan fingerprint density at radius 2 is 1.93 bits per heavy atom. The lowest BCUT2D eigenvalue weighted by molar-refractivity contribution is 0.505. The second kappa shape index (κ2) is 5.61. The van der Waals surface area contributed by atoms with Crippen molar-refractivity contribution >= 4 is 15.9 Å². The molecule has 0 aromatic heterocycles. The fourth-order valence-electron chi connectivity index (χ4n) is 1.47. The molecule has 1 atom stereocenters. The molecule has 0 aliphatic carbocycles. The SMILES string of the molecule is CC(C)CC[C@@H](N)c1cc(F)cc(Br)c1. The van der Waals surface area contributed by atoms with E-state index in [1.165, 1.54) is 12.1 Å². The van der Waals surface area contributed by atoms with E-state index in [4.69, 9.17) is 5.73 Å². The molecule has 3 heteroatoms. The van der Waals surface area contributed by atoms with E-state index >= 15 is 0 Å². The van der Waals surface area contributed by atoms with Crippen molar-refractivity contribution in [2.24, 2.45) is 11.7 Å². The van der Waals surface area contributed by atoms with Crippen LogP contribution in [0.25, 0.3) is 0 Å². The first-order chi connectivity index (χ1) is 6.99. The molecule has 1 rings (SSSR count). The minimum absolute atomic E-state index is 0.0700. The molecule has 0 fully saturated rings. The molecule has 15 heavy (non-hydrogen) atoms. The summed E-state index contributed by atoms with van der Waals surface area (Å²) in [5.74, 6) is 0.396. The van der Waals surface area contributed by atoms with Crippen LogP contribution in [-0.4, -0.2) is 0 Å². The summed E-state index contributed by atoms with van der Waals surface area (Å²) in [5, 5.41) is 0. The van der Waals surface area contributed by atoms with Gasteiger partial charge in [0.2, 0.25) is 0 Å². The van der Waals surface area contributed by atoms with Crippen LogP contribution >= 0.6 is 15.9 Å². The molecule has 2 N–H and O–H groups in total. The van der Waals surface area contributed by atoms with E-state index in [0.717, 1.165) is 22.9 Å². The summed E-state index contributed by atoms with van der Waals surface area (Å²) in [5.41, 5.74) is 6.86. The highest BCUT2D eigenvalue weighted by Crippen LogP contribution is 2.23. The summed E-state index contributed by atoms with van der Waals surface area (Å²) in [6, 6.07) is 4.77. The Labute approximate surface area is 99.0 Å². The van der Waals surface area contributed by atoms with E-state index in [-0.39, 0.29) is 11.9 Å². The molecule has 0 aliphatic heterocycles. The Hall–Kier alpha value is -0.410. The van der Waals surface area contributed by atoms with Gasteiger partial charge in [0.05, 0.1) is 0 Å².